The minimum absolute atomic E-state index is 0.0338. The van der Waals surface area contributed by atoms with E-state index < -0.39 is 6.61 Å². The van der Waals surface area contributed by atoms with Gasteiger partial charge in [-0.2, -0.15) is 8.78 Å². The van der Waals surface area contributed by atoms with Gasteiger partial charge in [0.2, 0.25) is 0 Å². The molecule has 0 aliphatic rings. The number of hydrogen-bond acceptors (Lipinski definition) is 3. The van der Waals surface area contributed by atoms with Gasteiger partial charge in [-0.05, 0) is 37.5 Å². The van der Waals surface area contributed by atoms with Gasteiger partial charge in [-0.1, -0.05) is 12.1 Å². The van der Waals surface area contributed by atoms with Crippen LogP contribution in [-0.2, 0) is 6.54 Å². The van der Waals surface area contributed by atoms with Crippen molar-refractivity contribution in [2.45, 2.75) is 32.9 Å². The molecule has 0 spiro atoms. The van der Waals surface area contributed by atoms with Crippen molar-refractivity contribution in [2.24, 2.45) is 4.99 Å². The first-order chi connectivity index (χ1) is 12.0. The maximum atomic E-state index is 12.4. The first-order valence-corrected chi connectivity index (χ1v) is 8.25. The summed E-state index contributed by atoms with van der Waals surface area (Å²) >= 11 is 0. The van der Waals surface area contributed by atoms with E-state index in [-0.39, 0.29) is 5.75 Å². The molecule has 0 unspecified atom stereocenters. The number of guanidine groups is 1. The number of hydrogen-bond donors (Lipinski definition) is 1. The maximum Gasteiger partial charge on any atom is 0.387 e. The number of nitrogens with one attached hydrogen (secondary N) is 1. The van der Waals surface area contributed by atoms with Crippen LogP contribution in [0.3, 0.4) is 0 Å². The lowest BCUT2D eigenvalue weighted by Crippen LogP contribution is -2.38. The predicted molar refractivity (Wildman–Crippen MR) is 96.5 cm³/mol. The zero-order valence-electron chi connectivity index (χ0n) is 15.1. The Labute approximate surface area is 148 Å². The second-order valence-electron chi connectivity index (χ2n) is 5.35. The number of aliphatic imine (C=N–C) groups is 1. The number of unbranched alkanes of at least 4 members (excludes halogenated alkanes) is 1. The third-order valence-electron chi connectivity index (χ3n) is 3.45. The summed E-state index contributed by atoms with van der Waals surface area (Å²) in [6, 6.07) is 4.90. The van der Waals surface area contributed by atoms with Crippen LogP contribution in [0.25, 0.3) is 0 Å². The second kappa shape index (κ2) is 11.3. The van der Waals surface area contributed by atoms with Crippen LogP contribution >= 0.6 is 0 Å². The molecule has 0 aliphatic heterocycles. The van der Waals surface area contributed by atoms with Gasteiger partial charge in [0.05, 0.1) is 6.61 Å². The zero-order chi connectivity index (χ0) is 18.7. The number of ether oxygens (including phenoxy) is 2. The molecular formula is C18H27F2N3O2. The van der Waals surface area contributed by atoms with Crippen LogP contribution in [0.4, 0.5) is 8.78 Å². The van der Waals surface area contributed by atoms with Crippen LogP contribution < -0.4 is 14.8 Å². The molecule has 5 nitrogen and oxygen atoms in total. The summed E-state index contributed by atoms with van der Waals surface area (Å²) in [5.74, 6) is 1.10. The minimum atomic E-state index is -2.88. The van der Waals surface area contributed by atoms with E-state index in [0.29, 0.717) is 18.9 Å². The van der Waals surface area contributed by atoms with Crippen LogP contribution in [0.5, 0.6) is 11.5 Å². The van der Waals surface area contributed by atoms with Crippen molar-refractivity contribution in [3.63, 3.8) is 0 Å². The van der Waals surface area contributed by atoms with Crippen molar-refractivity contribution >= 4 is 5.96 Å². The number of rotatable bonds is 10. The molecule has 1 rings (SSSR count). The number of benzene rings is 1. The van der Waals surface area contributed by atoms with Gasteiger partial charge in [0.25, 0.3) is 0 Å². The summed E-state index contributed by atoms with van der Waals surface area (Å²) in [6.07, 6.45) is 3.84. The molecule has 0 aliphatic carbocycles. The van der Waals surface area contributed by atoms with E-state index in [0.717, 1.165) is 30.9 Å². The fourth-order valence-electron chi connectivity index (χ4n) is 2.27. The summed E-state index contributed by atoms with van der Waals surface area (Å²) in [4.78, 5) is 6.28. The van der Waals surface area contributed by atoms with Crippen molar-refractivity contribution in [3.8, 4) is 11.5 Å². The van der Waals surface area contributed by atoms with E-state index in [2.05, 4.69) is 21.6 Å². The highest BCUT2D eigenvalue weighted by molar-refractivity contribution is 5.79. The molecule has 0 atom stereocenters. The van der Waals surface area contributed by atoms with Gasteiger partial charge in [0.15, 0.2) is 17.5 Å². The second-order valence-corrected chi connectivity index (χ2v) is 5.35. The highest BCUT2D eigenvalue weighted by atomic mass is 19.3. The largest absolute Gasteiger partial charge is 0.490 e. The standard InChI is InChI=1S/C18H27F2N3O2/c1-5-7-8-11-23(4)18(21-3)22-13-14-9-10-15(25-17(19)20)16(12-14)24-6-2/h5,9-10,12,17H,1,6-8,11,13H2,2-4H3,(H,21,22). The monoisotopic (exact) mass is 355 g/mol. The molecule has 0 saturated carbocycles. The van der Waals surface area contributed by atoms with Gasteiger partial charge in [-0.15, -0.1) is 6.58 Å². The molecule has 140 valence electrons. The molecule has 0 heterocycles. The Hall–Kier alpha value is -2.31. The number of allylic oxidation sites excluding steroid dienone is 1. The molecule has 0 fully saturated rings. The van der Waals surface area contributed by atoms with E-state index in [1.807, 2.05) is 18.0 Å². The Kier molecular flexibility index (Phi) is 9.36. The van der Waals surface area contributed by atoms with E-state index in [9.17, 15) is 8.78 Å². The van der Waals surface area contributed by atoms with Gasteiger partial charge < -0.3 is 19.7 Å². The lowest BCUT2D eigenvalue weighted by atomic mass is 10.2. The van der Waals surface area contributed by atoms with E-state index in [1.54, 1.807) is 26.1 Å². The molecule has 1 aromatic rings. The highest BCUT2D eigenvalue weighted by Gasteiger charge is 2.12. The Morgan fingerprint density at radius 3 is 2.76 bits per heavy atom. The van der Waals surface area contributed by atoms with Crippen molar-refractivity contribution in [3.05, 3.63) is 36.4 Å². The van der Waals surface area contributed by atoms with Crippen LogP contribution in [-0.4, -0.2) is 44.7 Å². The third kappa shape index (κ3) is 7.41. The van der Waals surface area contributed by atoms with Gasteiger partial charge in [-0.3, -0.25) is 4.99 Å². The first kappa shape index (κ1) is 20.7. The lowest BCUT2D eigenvalue weighted by molar-refractivity contribution is -0.0514. The molecule has 25 heavy (non-hydrogen) atoms. The van der Waals surface area contributed by atoms with Crippen LogP contribution in [0.2, 0.25) is 0 Å². The summed E-state index contributed by atoms with van der Waals surface area (Å²) in [5.41, 5.74) is 0.880. The number of nitrogens with zero attached hydrogens (tertiary/aromatic N) is 2. The summed E-state index contributed by atoms with van der Waals surface area (Å²) < 4.78 is 34.7. The van der Waals surface area contributed by atoms with E-state index in [4.69, 9.17) is 4.74 Å². The number of alkyl halides is 2. The molecular weight excluding hydrogens is 328 g/mol. The fraction of sp³-hybridized carbons (Fsp3) is 0.500. The molecule has 1 N–H and O–H groups in total. The molecule has 0 bridgehead atoms. The summed E-state index contributed by atoms with van der Waals surface area (Å²) in [6.45, 7) is 4.34. The molecule has 0 amide bonds. The molecule has 0 aromatic heterocycles. The van der Waals surface area contributed by atoms with Crippen molar-refractivity contribution in [1.82, 2.24) is 10.2 Å². The highest BCUT2D eigenvalue weighted by Crippen LogP contribution is 2.29. The van der Waals surface area contributed by atoms with Crippen LogP contribution in [0.1, 0.15) is 25.3 Å². The SMILES string of the molecule is C=CCCCN(C)C(=NC)NCc1ccc(OC(F)F)c(OCC)c1. The van der Waals surface area contributed by atoms with Crippen LogP contribution in [0, 0.1) is 0 Å². The van der Waals surface area contributed by atoms with Gasteiger partial charge >= 0.3 is 6.61 Å². The average molecular weight is 355 g/mol. The summed E-state index contributed by atoms with van der Waals surface area (Å²) in [5, 5.41) is 3.25. The van der Waals surface area contributed by atoms with Gasteiger partial charge in [0.1, 0.15) is 0 Å². The predicted octanol–water partition coefficient (Wildman–Crippen LogP) is 3.66. The normalized spacial score (nSPS) is 11.4. The van der Waals surface area contributed by atoms with Crippen molar-refractivity contribution in [2.75, 3.05) is 27.2 Å². The minimum Gasteiger partial charge on any atom is -0.490 e. The Balaban J connectivity index is 2.71. The quantitative estimate of drug-likeness (QED) is 0.301. The Morgan fingerprint density at radius 1 is 1.40 bits per heavy atom. The van der Waals surface area contributed by atoms with Crippen molar-refractivity contribution in [1.29, 1.82) is 0 Å². The van der Waals surface area contributed by atoms with Crippen LogP contribution in [0.15, 0.2) is 35.8 Å². The molecule has 0 radical (unpaired) electrons. The molecule has 7 heteroatoms. The van der Waals surface area contributed by atoms with Gasteiger partial charge in [0, 0.05) is 27.2 Å². The van der Waals surface area contributed by atoms with Gasteiger partial charge in [-0.25, -0.2) is 0 Å². The van der Waals surface area contributed by atoms with E-state index in [1.165, 1.54) is 6.07 Å². The maximum absolute atomic E-state index is 12.4. The zero-order valence-corrected chi connectivity index (χ0v) is 15.1. The Bertz CT molecular complexity index is 565. The molecule has 0 saturated heterocycles. The lowest BCUT2D eigenvalue weighted by Gasteiger charge is -2.22. The third-order valence-corrected chi connectivity index (χ3v) is 3.45. The smallest absolute Gasteiger partial charge is 0.387 e. The topological polar surface area (TPSA) is 46.1 Å². The van der Waals surface area contributed by atoms with E-state index >= 15 is 0 Å². The Morgan fingerprint density at radius 2 is 2.16 bits per heavy atom. The fourth-order valence-corrected chi connectivity index (χ4v) is 2.27. The van der Waals surface area contributed by atoms with Crippen molar-refractivity contribution < 1.29 is 18.3 Å². The molecule has 1 aromatic carbocycles. The average Bonchev–Trinajstić information content (AvgIpc) is 2.57. The number of halogens is 2. The first-order valence-electron chi connectivity index (χ1n) is 8.25. The summed E-state index contributed by atoms with van der Waals surface area (Å²) in [7, 11) is 3.68.